The molecule has 0 unspecified atom stereocenters. The molecule has 0 aliphatic rings. The van der Waals surface area contributed by atoms with E-state index in [-0.39, 0.29) is 28.8 Å². The van der Waals surface area contributed by atoms with E-state index in [1.54, 1.807) is 48.5 Å². The fraction of sp³-hybridized carbons (Fsp3) is 0.130. The molecule has 3 aromatic rings. The van der Waals surface area contributed by atoms with E-state index < -0.39 is 23.8 Å². The van der Waals surface area contributed by atoms with Gasteiger partial charge in [0.2, 0.25) is 0 Å². The monoisotopic (exact) mass is 510 g/mol. The van der Waals surface area contributed by atoms with Crippen LogP contribution in [0.4, 0.5) is 39.8 Å². The van der Waals surface area contributed by atoms with Crippen molar-refractivity contribution in [3.05, 3.63) is 88.4 Å². The van der Waals surface area contributed by atoms with Crippen LogP contribution in [0.2, 0.25) is 10.0 Å². The first kappa shape index (κ1) is 25.2. The quantitative estimate of drug-likeness (QED) is 0.338. The molecule has 3 N–H and O–H groups in total. The molecule has 34 heavy (non-hydrogen) atoms. The molecule has 0 heterocycles. The second kappa shape index (κ2) is 11.1. The summed E-state index contributed by atoms with van der Waals surface area (Å²) in [4.78, 5) is 26.4. The van der Waals surface area contributed by atoms with Crippen LogP contribution < -0.4 is 20.9 Å². The number of hydrogen-bond acceptors (Lipinski definition) is 2. The standard InChI is InChI=1S/C23H19Cl2F3N4O2/c24-18-10-5-11-19(20(18)25)31-21(33)29-12-13-32(17-8-2-1-3-9-17)22(34)30-16-7-4-6-15(14-16)23(26,27)28/h1-11,14H,12-13H2,(H,30,34)(H2,29,31,33). The molecule has 0 bridgehead atoms. The van der Waals surface area contributed by atoms with E-state index in [4.69, 9.17) is 23.2 Å². The Kier molecular flexibility index (Phi) is 8.25. The maximum Gasteiger partial charge on any atom is 0.416 e. The van der Waals surface area contributed by atoms with Gasteiger partial charge in [0.1, 0.15) is 0 Å². The molecule has 3 rings (SSSR count). The smallest absolute Gasteiger partial charge is 0.336 e. The minimum absolute atomic E-state index is 0.0120. The van der Waals surface area contributed by atoms with Gasteiger partial charge in [-0.25, -0.2) is 9.59 Å². The highest BCUT2D eigenvalue weighted by Gasteiger charge is 2.30. The molecule has 0 spiro atoms. The molecule has 4 amide bonds. The minimum atomic E-state index is -4.54. The van der Waals surface area contributed by atoms with Crippen molar-refractivity contribution in [1.82, 2.24) is 5.32 Å². The van der Waals surface area contributed by atoms with Crippen molar-refractivity contribution in [2.45, 2.75) is 6.18 Å². The number of nitrogens with one attached hydrogen (secondary N) is 3. The second-order valence-corrected chi connectivity index (χ2v) is 7.76. The Morgan fingerprint density at radius 3 is 2.29 bits per heavy atom. The fourth-order valence-corrected chi connectivity index (χ4v) is 3.32. The first-order valence-corrected chi connectivity index (χ1v) is 10.7. The highest BCUT2D eigenvalue weighted by molar-refractivity contribution is 6.43. The van der Waals surface area contributed by atoms with Crippen LogP contribution in [0.3, 0.4) is 0 Å². The maximum absolute atomic E-state index is 13.0. The number of anilines is 3. The summed E-state index contributed by atoms with van der Waals surface area (Å²) < 4.78 is 39.0. The summed E-state index contributed by atoms with van der Waals surface area (Å²) in [5.74, 6) is 0. The Balaban J connectivity index is 1.66. The van der Waals surface area contributed by atoms with Crippen LogP contribution in [0.5, 0.6) is 0 Å². The van der Waals surface area contributed by atoms with Crippen molar-refractivity contribution in [2.75, 3.05) is 28.6 Å². The number of hydrogen-bond donors (Lipinski definition) is 3. The first-order chi connectivity index (χ1) is 16.1. The maximum atomic E-state index is 13.0. The van der Waals surface area contributed by atoms with E-state index >= 15 is 0 Å². The van der Waals surface area contributed by atoms with Gasteiger partial charge in [-0.05, 0) is 42.5 Å². The van der Waals surface area contributed by atoms with Crippen LogP contribution >= 0.6 is 23.2 Å². The van der Waals surface area contributed by atoms with E-state index in [9.17, 15) is 22.8 Å². The average molecular weight is 511 g/mol. The van der Waals surface area contributed by atoms with Crippen LogP contribution in [-0.4, -0.2) is 25.2 Å². The highest BCUT2D eigenvalue weighted by atomic mass is 35.5. The second-order valence-electron chi connectivity index (χ2n) is 6.98. The Hall–Kier alpha value is -3.43. The molecule has 3 aromatic carbocycles. The molecule has 0 saturated carbocycles. The van der Waals surface area contributed by atoms with Gasteiger partial charge in [0.15, 0.2) is 0 Å². The third kappa shape index (κ3) is 6.79. The van der Waals surface area contributed by atoms with Gasteiger partial charge in [-0.2, -0.15) is 13.2 Å². The van der Waals surface area contributed by atoms with Crippen molar-refractivity contribution < 1.29 is 22.8 Å². The van der Waals surface area contributed by atoms with Crippen LogP contribution in [0.25, 0.3) is 0 Å². The Morgan fingerprint density at radius 1 is 0.882 bits per heavy atom. The SMILES string of the molecule is O=C(NCCN(C(=O)Nc1cccc(C(F)(F)F)c1)c1ccccc1)Nc1cccc(Cl)c1Cl. The van der Waals surface area contributed by atoms with Crippen LogP contribution in [0, 0.1) is 0 Å². The summed E-state index contributed by atoms with van der Waals surface area (Å²) >= 11 is 12.0. The predicted octanol–water partition coefficient (Wildman–Crippen LogP) is 6.87. The molecule has 0 fully saturated rings. The van der Waals surface area contributed by atoms with Crippen LogP contribution in [0.1, 0.15) is 5.56 Å². The molecule has 0 aliphatic heterocycles. The lowest BCUT2D eigenvalue weighted by atomic mass is 10.2. The zero-order valence-electron chi connectivity index (χ0n) is 17.5. The zero-order valence-corrected chi connectivity index (χ0v) is 19.0. The summed E-state index contributed by atoms with van der Waals surface area (Å²) in [6.07, 6.45) is -4.54. The number of urea groups is 2. The largest absolute Gasteiger partial charge is 0.416 e. The van der Waals surface area contributed by atoms with Gasteiger partial charge in [-0.3, -0.25) is 4.90 Å². The summed E-state index contributed by atoms with van der Waals surface area (Å²) in [5.41, 5.74) is -0.0856. The number of benzene rings is 3. The summed E-state index contributed by atoms with van der Waals surface area (Å²) in [6.45, 7) is 0.0699. The Morgan fingerprint density at radius 2 is 1.59 bits per heavy atom. The first-order valence-electron chi connectivity index (χ1n) is 9.95. The number of carbonyl (C=O) groups is 2. The van der Waals surface area contributed by atoms with Crippen molar-refractivity contribution in [1.29, 1.82) is 0 Å². The third-order valence-corrected chi connectivity index (χ3v) is 5.39. The molecule has 0 saturated heterocycles. The lowest BCUT2D eigenvalue weighted by molar-refractivity contribution is -0.137. The number of amides is 4. The molecular weight excluding hydrogens is 492 g/mol. The molecule has 6 nitrogen and oxygen atoms in total. The fourth-order valence-electron chi connectivity index (χ4n) is 2.97. The molecule has 0 radical (unpaired) electrons. The summed E-state index contributed by atoms with van der Waals surface area (Å²) in [6, 6.07) is 16.4. The summed E-state index contributed by atoms with van der Waals surface area (Å²) in [5, 5.41) is 8.10. The topological polar surface area (TPSA) is 73.5 Å². The van der Waals surface area contributed by atoms with Gasteiger partial charge < -0.3 is 16.0 Å². The predicted molar refractivity (Wildman–Crippen MR) is 128 cm³/mol. The van der Waals surface area contributed by atoms with Crippen LogP contribution in [0.15, 0.2) is 72.8 Å². The van der Waals surface area contributed by atoms with E-state index in [1.165, 1.54) is 17.0 Å². The van der Waals surface area contributed by atoms with Gasteiger partial charge in [-0.1, -0.05) is 53.5 Å². The van der Waals surface area contributed by atoms with Gasteiger partial charge in [0.25, 0.3) is 0 Å². The van der Waals surface area contributed by atoms with Gasteiger partial charge >= 0.3 is 18.2 Å². The molecular formula is C23H19Cl2F3N4O2. The van der Waals surface area contributed by atoms with Crippen molar-refractivity contribution in [3.8, 4) is 0 Å². The zero-order chi connectivity index (χ0) is 24.7. The van der Waals surface area contributed by atoms with Crippen molar-refractivity contribution >= 4 is 52.3 Å². The van der Waals surface area contributed by atoms with Gasteiger partial charge in [-0.15, -0.1) is 0 Å². The number of halogens is 5. The minimum Gasteiger partial charge on any atom is -0.336 e. The third-order valence-electron chi connectivity index (χ3n) is 4.57. The Labute approximate surface area is 203 Å². The number of para-hydroxylation sites is 1. The van der Waals surface area contributed by atoms with E-state index in [0.717, 1.165) is 12.1 Å². The average Bonchev–Trinajstić information content (AvgIpc) is 2.80. The number of alkyl halides is 3. The van der Waals surface area contributed by atoms with Crippen LogP contribution in [-0.2, 0) is 6.18 Å². The lowest BCUT2D eigenvalue weighted by Crippen LogP contribution is -2.42. The molecule has 11 heteroatoms. The van der Waals surface area contributed by atoms with Gasteiger partial charge in [0.05, 0.1) is 21.3 Å². The van der Waals surface area contributed by atoms with Gasteiger partial charge in [0, 0.05) is 24.5 Å². The normalized spacial score (nSPS) is 11.0. The molecule has 0 aromatic heterocycles. The summed E-state index contributed by atoms with van der Waals surface area (Å²) in [7, 11) is 0. The van der Waals surface area contributed by atoms with E-state index in [1.807, 2.05) is 0 Å². The molecule has 0 atom stereocenters. The number of rotatable bonds is 6. The van der Waals surface area contributed by atoms with E-state index in [2.05, 4.69) is 16.0 Å². The molecule has 0 aliphatic carbocycles. The number of nitrogens with zero attached hydrogens (tertiary/aromatic N) is 1. The lowest BCUT2D eigenvalue weighted by Gasteiger charge is -2.24. The van der Waals surface area contributed by atoms with Crippen molar-refractivity contribution in [2.24, 2.45) is 0 Å². The highest BCUT2D eigenvalue weighted by Crippen LogP contribution is 2.31. The van der Waals surface area contributed by atoms with Crippen molar-refractivity contribution in [3.63, 3.8) is 0 Å². The Bertz CT molecular complexity index is 1160. The van der Waals surface area contributed by atoms with E-state index in [0.29, 0.717) is 11.4 Å². The number of carbonyl (C=O) groups excluding carboxylic acids is 2. The molecule has 178 valence electrons.